The van der Waals surface area contributed by atoms with Crippen molar-refractivity contribution in [1.82, 2.24) is 0 Å². The summed E-state index contributed by atoms with van der Waals surface area (Å²) in [5, 5.41) is 9.28. The third-order valence-electron chi connectivity index (χ3n) is 2.25. The highest BCUT2D eigenvalue weighted by Crippen LogP contribution is 2.34. The Kier molecular flexibility index (Phi) is 1.61. The van der Waals surface area contributed by atoms with Crippen LogP contribution in [0, 0.1) is 11.6 Å². The summed E-state index contributed by atoms with van der Waals surface area (Å²) in [5.74, 6) is -0.917. The van der Waals surface area contributed by atoms with Crippen molar-refractivity contribution >= 4 is 0 Å². The van der Waals surface area contributed by atoms with E-state index in [0.29, 0.717) is 18.4 Å². The molecular formula is C9H8F2O. The smallest absolute Gasteiger partial charge is 0.129 e. The molecule has 0 saturated heterocycles. The standard InChI is InChI=1S/C9H8F2O/c10-6-2-3-7(11)9-5(6)1-4-8(9)12/h2-3,8,12H,1,4H2/t8-/m1/s1. The van der Waals surface area contributed by atoms with Gasteiger partial charge in [-0.1, -0.05) is 0 Å². The van der Waals surface area contributed by atoms with Crippen LogP contribution in [0.1, 0.15) is 23.7 Å². The summed E-state index contributed by atoms with van der Waals surface area (Å²) in [7, 11) is 0. The summed E-state index contributed by atoms with van der Waals surface area (Å²) < 4.78 is 26.0. The van der Waals surface area contributed by atoms with Gasteiger partial charge in [0, 0.05) is 5.56 Å². The minimum atomic E-state index is -0.823. The van der Waals surface area contributed by atoms with Crippen LogP contribution < -0.4 is 0 Å². The topological polar surface area (TPSA) is 20.2 Å². The van der Waals surface area contributed by atoms with Gasteiger partial charge in [-0.05, 0) is 30.5 Å². The molecule has 0 unspecified atom stereocenters. The number of benzene rings is 1. The van der Waals surface area contributed by atoms with E-state index < -0.39 is 17.7 Å². The number of hydrogen-bond acceptors (Lipinski definition) is 1. The predicted molar refractivity (Wildman–Crippen MR) is 39.6 cm³/mol. The van der Waals surface area contributed by atoms with E-state index in [1.165, 1.54) is 0 Å². The van der Waals surface area contributed by atoms with E-state index >= 15 is 0 Å². The van der Waals surface area contributed by atoms with Gasteiger partial charge in [0.1, 0.15) is 11.6 Å². The predicted octanol–water partition coefficient (Wildman–Crippen LogP) is 1.94. The maximum atomic E-state index is 13.0. The first-order valence-electron chi connectivity index (χ1n) is 3.85. The fraction of sp³-hybridized carbons (Fsp3) is 0.333. The van der Waals surface area contributed by atoms with E-state index in [1.54, 1.807) is 0 Å². The van der Waals surface area contributed by atoms with Crippen LogP contribution in [0.25, 0.3) is 0 Å². The molecule has 1 atom stereocenters. The van der Waals surface area contributed by atoms with Gasteiger partial charge >= 0.3 is 0 Å². The van der Waals surface area contributed by atoms with Crippen LogP contribution in [-0.2, 0) is 6.42 Å². The second-order valence-electron chi connectivity index (χ2n) is 2.98. The Morgan fingerprint density at radius 3 is 2.58 bits per heavy atom. The molecule has 1 aliphatic rings. The van der Waals surface area contributed by atoms with E-state index in [0.717, 1.165) is 12.1 Å². The molecule has 64 valence electrons. The Hall–Kier alpha value is -0.960. The summed E-state index contributed by atoms with van der Waals surface area (Å²) in [4.78, 5) is 0. The first kappa shape index (κ1) is 7.68. The molecule has 0 saturated carbocycles. The molecule has 0 aliphatic heterocycles. The molecule has 1 aliphatic carbocycles. The van der Waals surface area contributed by atoms with Gasteiger partial charge in [0.2, 0.25) is 0 Å². The molecule has 1 nitrogen and oxygen atoms in total. The summed E-state index contributed by atoms with van der Waals surface area (Å²) in [6.45, 7) is 0. The maximum absolute atomic E-state index is 13.0. The van der Waals surface area contributed by atoms with Crippen molar-refractivity contribution in [2.75, 3.05) is 0 Å². The Balaban J connectivity index is 2.64. The normalized spacial score (nSPS) is 21.1. The lowest BCUT2D eigenvalue weighted by Crippen LogP contribution is -1.96. The molecule has 1 N–H and O–H groups in total. The van der Waals surface area contributed by atoms with Crippen LogP contribution in [0.2, 0.25) is 0 Å². The number of rotatable bonds is 0. The molecule has 3 heteroatoms. The first-order valence-corrected chi connectivity index (χ1v) is 3.85. The van der Waals surface area contributed by atoms with Gasteiger partial charge in [-0.15, -0.1) is 0 Å². The molecule has 0 bridgehead atoms. The third-order valence-corrected chi connectivity index (χ3v) is 2.25. The van der Waals surface area contributed by atoms with Gasteiger partial charge in [0.15, 0.2) is 0 Å². The Bertz CT molecular complexity index is 323. The van der Waals surface area contributed by atoms with E-state index in [-0.39, 0.29) is 5.56 Å². The molecule has 0 radical (unpaired) electrons. The third kappa shape index (κ3) is 0.932. The van der Waals surface area contributed by atoms with Crippen LogP contribution in [0.5, 0.6) is 0 Å². The van der Waals surface area contributed by atoms with Crippen molar-refractivity contribution in [1.29, 1.82) is 0 Å². The molecule has 0 fully saturated rings. The number of halogens is 2. The van der Waals surface area contributed by atoms with Gasteiger partial charge in [0.25, 0.3) is 0 Å². The molecule has 0 spiro atoms. The minimum Gasteiger partial charge on any atom is -0.388 e. The Morgan fingerprint density at radius 2 is 1.92 bits per heavy atom. The minimum absolute atomic E-state index is 0.148. The Morgan fingerprint density at radius 1 is 1.25 bits per heavy atom. The van der Waals surface area contributed by atoms with E-state index in [2.05, 4.69) is 0 Å². The zero-order chi connectivity index (χ0) is 8.72. The lowest BCUT2D eigenvalue weighted by atomic mass is 10.1. The van der Waals surface area contributed by atoms with Crippen LogP contribution in [0.4, 0.5) is 8.78 Å². The van der Waals surface area contributed by atoms with Crippen molar-refractivity contribution in [3.63, 3.8) is 0 Å². The summed E-state index contributed by atoms with van der Waals surface area (Å²) in [6, 6.07) is 2.16. The summed E-state index contributed by atoms with van der Waals surface area (Å²) in [6.07, 6.45) is 0.0310. The zero-order valence-corrected chi connectivity index (χ0v) is 6.35. The molecule has 0 amide bonds. The SMILES string of the molecule is O[C@@H]1CCc2c(F)ccc(F)c21. The lowest BCUT2D eigenvalue weighted by molar-refractivity contribution is 0.176. The van der Waals surface area contributed by atoms with Crippen LogP contribution in [0.15, 0.2) is 12.1 Å². The number of aliphatic hydroxyl groups is 1. The van der Waals surface area contributed by atoms with Crippen LogP contribution in [0.3, 0.4) is 0 Å². The molecule has 0 aromatic heterocycles. The van der Waals surface area contributed by atoms with Crippen molar-refractivity contribution < 1.29 is 13.9 Å². The molecule has 1 aromatic carbocycles. The van der Waals surface area contributed by atoms with E-state index in [4.69, 9.17) is 0 Å². The van der Waals surface area contributed by atoms with Gasteiger partial charge in [-0.2, -0.15) is 0 Å². The van der Waals surface area contributed by atoms with Crippen LogP contribution in [-0.4, -0.2) is 5.11 Å². The average molecular weight is 170 g/mol. The quantitative estimate of drug-likeness (QED) is 0.630. The Labute approximate surface area is 68.6 Å². The molecule has 2 rings (SSSR count). The monoisotopic (exact) mass is 170 g/mol. The van der Waals surface area contributed by atoms with E-state index in [9.17, 15) is 13.9 Å². The van der Waals surface area contributed by atoms with Crippen molar-refractivity contribution in [2.24, 2.45) is 0 Å². The van der Waals surface area contributed by atoms with E-state index in [1.807, 2.05) is 0 Å². The first-order chi connectivity index (χ1) is 5.70. The number of aliphatic hydroxyl groups excluding tert-OH is 1. The molecule has 0 heterocycles. The lowest BCUT2D eigenvalue weighted by Gasteiger charge is -2.04. The summed E-state index contributed by atoms with van der Waals surface area (Å²) in [5.41, 5.74) is 0.484. The number of fused-ring (bicyclic) bond motifs is 1. The molecular weight excluding hydrogens is 162 g/mol. The van der Waals surface area contributed by atoms with Crippen molar-refractivity contribution in [3.05, 3.63) is 34.9 Å². The fourth-order valence-electron chi connectivity index (χ4n) is 1.65. The van der Waals surface area contributed by atoms with Gasteiger partial charge < -0.3 is 5.11 Å². The average Bonchev–Trinajstić information content (AvgIpc) is 2.42. The highest BCUT2D eigenvalue weighted by molar-refractivity contribution is 5.35. The molecule has 12 heavy (non-hydrogen) atoms. The second kappa shape index (κ2) is 2.52. The zero-order valence-electron chi connectivity index (χ0n) is 6.35. The fourth-order valence-corrected chi connectivity index (χ4v) is 1.65. The number of hydrogen-bond donors (Lipinski definition) is 1. The van der Waals surface area contributed by atoms with Crippen LogP contribution >= 0.6 is 0 Å². The van der Waals surface area contributed by atoms with Crippen molar-refractivity contribution in [2.45, 2.75) is 18.9 Å². The largest absolute Gasteiger partial charge is 0.388 e. The van der Waals surface area contributed by atoms with Gasteiger partial charge in [0.05, 0.1) is 6.10 Å². The second-order valence-corrected chi connectivity index (χ2v) is 2.98. The van der Waals surface area contributed by atoms with Crippen molar-refractivity contribution in [3.8, 4) is 0 Å². The summed E-state index contributed by atoms with van der Waals surface area (Å²) >= 11 is 0. The highest BCUT2D eigenvalue weighted by atomic mass is 19.1. The van der Waals surface area contributed by atoms with Gasteiger partial charge in [-0.3, -0.25) is 0 Å². The van der Waals surface area contributed by atoms with Gasteiger partial charge in [-0.25, -0.2) is 8.78 Å². The maximum Gasteiger partial charge on any atom is 0.129 e. The highest BCUT2D eigenvalue weighted by Gasteiger charge is 2.26. The molecule has 1 aromatic rings.